The molecule has 2 aromatic rings. The van der Waals surface area contributed by atoms with E-state index >= 15 is 0 Å². The van der Waals surface area contributed by atoms with E-state index in [1.165, 1.54) is 17.4 Å². The SMILES string of the molecule is CCCn1cc(NC(=O)c2csc(N)n2)ccc1=O. The van der Waals surface area contributed by atoms with Gasteiger partial charge in [-0.25, -0.2) is 4.98 Å². The molecule has 19 heavy (non-hydrogen) atoms. The number of hydrogen-bond acceptors (Lipinski definition) is 5. The Labute approximate surface area is 113 Å². The molecule has 2 heterocycles. The van der Waals surface area contributed by atoms with Gasteiger partial charge in [-0.3, -0.25) is 9.59 Å². The van der Waals surface area contributed by atoms with Crippen LogP contribution in [0.25, 0.3) is 0 Å². The molecule has 2 rings (SSSR count). The molecule has 0 fully saturated rings. The van der Waals surface area contributed by atoms with E-state index in [2.05, 4.69) is 10.3 Å². The first-order chi connectivity index (χ1) is 9.10. The molecule has 0 aliphatic heterocycles. The zero-order chi connectivity index (χ0) is 13.8. The highest BCUT2D eigenvalue weighted by molar-refractivity contribution is 7.13. The molecule has 0 saturated carbocycles. The van der Waals surface area contributed by atoms with Crippen molar-refractivity contribution in [1.82, 2.24) is 9.55 Å². The fraction of sp³-hybridized carbons (Fsp3) is 0.250. The van der Waals surface area contributed by atoms with Crippen LogP contribution in [0.3, 0.4) is 0 Å². The number of carbonyl (C=O) groups is 1. The number of carbonyl (C=O) groups excluding carboxylic acids is 1. The minimum absolute atomic E-state index is 0.0854. The number of pyridine rings is 1. The lowest BCUT2D eigenvalue weighted by Gasteiger charge is -2.07. The van der Waals surface area contributed by atoms with Crippen molar-refractivity contribution in [3.8, 4) is 0 Å². The van der Waals surface area contributed by atoms with Gasteiger partial charge in [-0.15, -0.1) is 11.3 Å². The van der Waals surface area contributed by atoms with E-state index in [1.807, 2.05) is 6.92 Å². The summed E-state index contributed by atoms with van der Waals surface area (Å²) < 4.78 is 1.56. The number of nitrogens with one attached hydrogen (secondary N) is 1. The number of nitrogen functional groups attached to an aromatic ring is 1. The van der Waals surface area contributed by atoms with E-state index in [9.17, 15) is 9.59 Å². The van der Waals surface area contributed by atoms with Crippen molar-refractivity contribution in [2.45, 2.75) is 19.9 Å². The first-order valence-electron chi connectivity index (χ1n) is 5.83. The largest absolute Gasteiger partial charge is 0.375 e. The summed E-state index contributed by atoms with van der Waals surface area (Å²) in [5.41, 5.74) is 6.22. The maximum Gasteiger partial charge on any atom is 0.275 e. The van der Waals surface area contributed by atoms with E-state index in [0.29, 0.717) is 17.4 Å². The van der Waals surface area contributed by atoms with Crippen molar-refractivity contribution in [2.75, 3.05) is 11.1 Å². The number of hydrogen-bond donors (Lipinski definition) is 2. The maximum absolute atomic E-state index is 11.9. The van der Waals surface area contributed by atoms with Crippen LogP contribution in [0.5, 0.6) is 0 Å². The minimum atomic E-state index is -0.338. The van der Waals surface area contributed by atoms with Crippen molar-refractivity contribution < 1.29 is 4.79 Å². The highest BCUT2D eigenvalue weighted by Gasteiger charge is 2.10. The first-order valence-corrected chi connectivity index (χ1v) is 6.71. The van der Waals surface area contributed by atoms with Crippen LogP contribution in [-0.4, -0.2) is 15.5 Å². The molecular formula is C12H14N4O2S. The second-order valence-electron chi connectivity index (χ2n) is 3.97. The Kier molecular flexibility index (Phi) is 3.96. The van der Waals surface area contributed by atoms with Gasteiger partial charge in [-0.1, -0.05) is 6.92 Å². The van der Waals surface area contributed by atoms with Gasteiger partial charge < -0.3 is 15.6 Å². The van der Waals surface area contributed by atoms with Crippen LogP contribution in [-0.2, 0) is 6.54 Å². The molecule has 2 aromatic heterocycles. The third-order valence-electron chi connectivity index (χ3n) is 2.46. The third-order valence-corrected chi connectivity index (χ3v) is 3.13. The summed E-state index contributed by atoms with van der Waals surface area (Å²) in [6.45, 7) is 2.60. The van der Waals surface area contributed by atoms with Crippen molar-refractivity contribution in [1.29, 1.82) is 0 Å². The van der Waals surface area contributed by atoms with Crippen molar-refractivity contribution in [3.63, 3.8) is 0 Å². The third kappa shape index (κ3) is 3.19. The summed E-state index contributed by atoms with van der Waals surface area (Å²) in [4.78, 5) is 27.3. The summed E-state index contributed by atoms with van der Waals surface area (Å²) in [6.07, 6.45) is 2.47. The quantitative estimate of drug-likeness (QED) is 0.887. The van der Waals surface area contributed by atoms with Gasteiger partial charge >= 0.3 is 0 Å². The molecule has 0 bridgehead atoms. The summed E-state index contributed by atoms with van der Waals surface area (Å²) in [7, 11) is 0. The van der Waals surface area contributed by atoms with Gasteiger partial charge in [0.2, 0.25) is 0 Å². The number of aromatic nitrogens is 2. The molecule has 0 spiro atoms. The molecule has 6 nitrogen and oxygen atoms in total. The van der Waals surface area contributed by atoms with Crippen LogP contribution in [0.4, 0.5) is 10.8 Å². The van der Waals surface area contributed by atoms with Gasteiger partial charge in [-0.05, 0) is 12.5 Å². The molecule has 0 aliphatic rings. The van der Waals surface area contributed by atoms with Crippen molar-refractivity contribution >= 4 is 28.1 Å². The normalized spacial score (nSPS) is 10.4. The molecule has 0 aliphatic carbocycles. The summed E-state index contributed by atoms with van der Waals surface area (Å²) in [6, 6.07) is 3.00. The zero-order valence-corrected chi connectivity index (χ0v) is 11.2. The lowest BCUT2D eigenvalue weighted by molar-refractivity contribution is 0.102. The molecule has 0 unspecified atom stereocenters. The average molecular weight is 278 g/mol. The van der Waals surface area contributed by atoms with E-state index in [4.69, 9.17) is 5.73 Å². The van der Waals surface area contributed by atoms with Gasteiger partial charge in [0.25, 0.3) is 11.5 Å². The van der Waals surface area contributed by atoms with Gasteiger partial charge in [0.1, 0.15) is 5.69 Å². The monoisotopic (exact) mass is 278 g/mol. The Hall–Kier alpha value is -2.15. The molecular weight excluding hydrogens is 264 g/mol. The summed E-state index contributed by atoms with van der Waals surface area (Å²) in [5, 5.41) is 4.63. The number of aryl methyl sites for hydroxylation is 1. The number of anilines is 2. The van der Waals surface area contributed by atoms with Crippen LogP contribution in [0.2, 0.25) is 0 Å². The van der Waals surface area contributed by atoms with Crippen LogP contribution >= 0.6 is 11.3 Å². The molecule has 3 N–H and O–H groups in total. The number of rotatable bonds is 4. The van der Waals surface area contributed by atoms with E-state index in [0.717, 1.165) is 6.42 Å². The number of nitrogens with zero attached hydrogens (tertiary/aromatic N) is 2. The van der Waals surface area contributed by atoms with Gasteiger partial charge in [0.15, 0.2) is 5.13 Å². The van der Waals surface area contributed by atoms with Crippen LogP contribution < -0.4 is 16.6 Å². The van der Waals surface area contributed by atoms with Gasteiger partial charge in [0, 0.05) is 24.2 Å². The Morgan fingerprint density at radius 1 is 1.53 bits per heavy atom. The van der Waals surface area contributed by atoms with Crippen LogP contribution in [0.1, 0.15) is 23.8 Å². The average Bonchev–Trinajstić information content (AvgIpc) is 2.80. The Morgan fingerprint density at radius 2 is 2.32 bits per heavy atom. The Morgan fingerprint density at radius 3 is 2.95 bits per heavy atom. The lowest BCUT2D eigenvalue weighted by Crippen LogP contribution is -2.20. The second kappa shape index (κ2) is 5.66. The molecule has 0 atom stereocenters. The Bertz CT molecular complexity index is 647. The zero-order valence-electron chi connectivity index (χ0n) is 10.4. The van der Waals surface area contributed by atoms with Crippen LogP contribution in [0.15, 0.2) is 28.5 Å². The molecule has 0 radical (unpaired) electrons. The standard InChI is InChI=1S/C12H14N4O2S/c1-2-5-16-6-8(3-4-10(16)17)14-11(18)9-7-19-12(13)15-9/h3-4,6-7H,2,5H2,1H3,(H2,13,15)(H,14,18). The van der Waals surface area contributed by atoms with E-state index in [-0.39, 0.29) is 17.2 Å². The van der Waals surface area contributed by atoms with E-state index < -0.39 is 0 Å². The molecule has 100 valence electrons. The molecule has 0 saturated heterocycles. The molecule has 7 heteroatoms. The fourth-order valence-corrected chi connectivity index (χ4v) is 2.15. The Balaban J connectivity index is 2.17. The second-order valence-corrected chi connectivity index (χ2v) is 4.86. The van der Waals surface area contributed by atoms with Gasteiger partial charge in [-0.2, -0.15) is 0 Å². The number of nitrogens with two attached hydrogens (primary N) is 1. The number of amides is 1. The summed E-state index contributed by atoms with van der Waals surface area (Å²) >= 11 is 1.21. The highest BCUT2D eigenvalue weighted by Crippen LogP contribution is 2.13. The maximum atomic E-state index is 11.9. The highest BCUT2D eigenvalue weighted by atomic mass is 32.1. The molecule has 0 aromatic carbocycles. The fourth-order valence-electron chi connectivity index (χ4n) is 1.61. The first kappa shape index (κ1) is 13.3. The predicted octanol–water partition coefficient (Wildman–Crippen LogP) is 1.55. The summed E-state index contributed by atoms with van der Waals surface area (Å²) in [5.74, 6) is -0.338. The van der Waals surface area contributed by atoms with Crippen LogP contribution in [0, 0.1) is 0 Å². The van der Waals surface area contributed by atoms with Gasteiger partial charge in [0.05, 0.1) is 5.69 Å². The topological polar surface area (TPSA) is 90.0 Å². The number of thiazole rings is 1. The van der Waals surface area contributed by atoms with Crippen molar-refractivity contribution in [3.05, 3.63) is 39.8 Å². The van der Waals surface area contributed by atoms with E-state index in [1.54, 1.807) is 22.2 Å². The minimum Gasteiger partial charge on any atom is -0.375 e. The van der Waals surface area contributed by atoms with Crippen molar-refractivity contribution in [2.24, 2.45) is 0 Å². The predicted molar refractivity (Wildman–Crippen MR) is 75.5 cm³/mol. The molecule has 1 amide bonds. The lowest BCUT2D eigenvalue weighted by atomic mass is 10.3. The smallest absolute Gasteiger partial charge is 0.275 e.